The van der Waals surface area contributed by atoms with E-state index in [0.717, 1.165) is 37.2 Å². The van der Waals surface area contributed by atoms with Crippen LogP contribution in [0.25, 0.3) is 0 Å². The van der Waals surface area contributed by atoms with Gasteiger partial charge in [-0.15, -0.1) is 0 Å². The van der Waals surface area contributed by atoms with E-state index in [9.17, 15) is 10.4 Å². The van der Waals surface area contributed by atoms with E-state index in [2.05, 4.69) is 22.4 Å². The molecule has 1 aromatic rings. The third-order valence-corrected chi connectivity index (χ3v) is 4.09. The number of β-amino-alcohol motifs (C(OH)–C–C–N with tert-alkyl or cyclic N) is 1. The van der Waals surface area contributed by atoms with Crippen molar-refractivity contribution in [3.8, 4) is 6.07 Å². The molecule has 3 rings (SSSR count). The number of nitrogens with one attached hydrogen (secondary N) is 1. The van der Waals surface area contributed by atoms with Crippen molar-refractivity contribution in [1.82, 2.24) is 5.32 Å². The Morgan fingerprint density at radius 2 is 2.20 bits per heavy atom. The maximum absolute atomic E-state index is 9.78. The molecule has 0 bridgehead atoms. The van der Waals surface area contributed by atoms with Crippen LogP contribution >= 0.6 is 0 Å². The van der Waals surface area contributed by atoms with E-state index in [1.165, 1.54) is 12.8 Å². The van der Waals surface area contributed by atoms with Gasteiger partial charge in [0.2, 0.25) is 0 Å². The molecule has 1 unspecified atom stereocenters. The normalized spacial score (nSPS) is 22.6. The van der Waals surface area contributed by atoms with E-state index in [1.54, 1.807) is 0 Å². The Morgan fingerprint density at radius 1 is 1.35 bits per heavy atom. The van der Waals surface area contributed by atoms with Crippen LogP contribution in [-0.4, -0.2) is 30.3 Å². The molecule has 1 saturated carbocycles. The van der Waals surface area contributed by atoms with Gasteiger partial charge in [0, 0.05) is 25.7 Å². The summed E-state index contributed by atoms with van der Waals surface area (Å²) in [4.78, 5) is 2.13. The largest absolute Gasteiger partial charge is 0.391 e. The number of nitriles is 1. The van der Waals surface area contributed by atoms with Crippen LogP contribution in [0.5, 0.6) is 0 Å². The van der Waals surface area contributed by atoms with Crippen molar-refractivity contribution in [2.45, 2.75) is 44.4 Å². The first-order chi connectivity index (χ1) is 9.76. The van der Waals surface area contributed by atoms with Crippen LogP contribution in [0, 0.1) is 11.3 Å². The number of benzene rings is 1. The van der Waals surface area contributed by atoms with Crippen molar-refractivity contribution in [1.29, 1.82) is 5.26 Å². The molecular weight excluding hydrogens is 250 g/mol. The van der Waals surface area contributed by atoms with Gasteiger partial charge in [0.1, 0.15) is 6.07 Å². The summed E-state index contributed by atoms with van der Waals surface area (Å²) in [5.74, 6) is 0. The van der Waals surface area contributed by atoms with Gasteiger partial charge in [0.05, 0.1) is 17.4 Å². The summed E-state index contributed by atoms with van der Waals surface area (Å²) in [6.07, 6.45) is 4.12. The highest BCUT2D eigenvalue weighted by Gasteiger charge is 2.22. The van der Waals surface area contributed by atoms with Crippen molar-refractivity contribution in [3.05, 3.63) is 29.3 Å². The highest BCUT2D eigenvalue weighted by atomic mass is 16.3. The first kappa shape index (κ1) is 13.4. The van der Waals surface area contributed by atoms with Crippen molar-refractivity contribution >= 4 is 5.69 Å². The zero-order chi connectivity index (χ0) is 13.9. The molecule has 1 aliphatic carbocycles. The number of aliphatic hydroxyl groups excluding tert-OH is 1. The molecule has 1 saturated heterocycles. The number of hydrogen-bond acceptors (Lipinski definition) is 4. The monoisotopic (exact) mass is 271 g/mol. The van der Waals surface area contributed by atoms with Crippen LogP contribution in [0.3, 0.4) is 0 Å². The number of rotatable bonds is 4. The van der Waals surface area contributed by atoms with E-state index < -0.39 is 0 Å². The molecule has 1 heterocycles. The topological polar surface area (TPSA) is 59.3 Å². The highest BCUT2D eigenvalue weighted by Crippen LogP contribution is 2.25. The predicted octanol–water partition coefficient (Wildman–Crippen LogP) is 1.77. The quantitative estimate of drug-likeness (QED) is 0.876. The Labute approximate surface area is 120 Å². The van der Waals surface area contributed by atoms with Gasteiger partial charge in [-0.2, -0.15) is 5.26 Å². The zero-order valence-corrected chi connectivity index (χ0v) is 11.7. The molecule has 0 aromatic heterocycles. The van der Waals surface area contributed by atoms with Gasteiger partial charge < -0.3 is 15.3 Å². The lowest BCUT2D eigenvalue weighted by Gasteiger charge is -2.32. The molecular formula is C16H21N3O. The molecule has 1 atom stereocenters. The molecule has 106 valence electrons. The molecule has 1 aromatic carbocycles. The molecule has 2 aliphatic rings. The van der Waals surface area contributed by atoms with E-state index in [-0.39, 0.29) is 6.10 Å². The number of hydrogen-bond donors (Lipinski definition) is 2. The second-order valence-electron chi connectivity index (χ2n) is 5.86. The van der Waals surface area contributed by atoms with Gasteiger partial charge in [0.25, 0.3) is 0 Å². The van der Waals surface area contributed by atoms with Gasteiger partial charge >= 0.3 is 0 Å². The summed E-state index contributed by atoms with van der Waals surface area (Å²) in [7, 11) is 0. The smallest absolute Gasteiger partial charge is 0.101 e. The molecule has 4 nitrogen and oxygen atoms in total. The zero-order valence-electron chi connectivity index (χ0n) is 11.7. The van der Waals surface area contributed by atoms with Gasteiger partial charge in [-0.1, -0.05) is 6.07 Å². The Bertz CT molecular complexity index is 519. The summed E-state index contributed by atoms with van der Waals surface area (Å²) in [6.45, 7) is 2.39. The van der Waals surface area contributed by atoms with E-state index in [4.69, 9.17) is 0 Å². The van der Waals surface area contributed by atoms with Gasteiger partial charge in [-0.3, -0.25) is 0 Å². The van der Waals surface area contributed by atoms with Crippen molar-refractivity contribution in [2.75, 3.05) is 18.0 Å². The van der Waals surface area contributed by atoms with Gasteiger partial charge in [-0.05, 0) is 43.4 Å². The second kappa shape index (κ2) is 5.82. The molecule has 2 fully saturated rings. The lowest BCUT2D eigenvalue weighted by Crippen LogP contribution is -2.38. The summed E-state index contributed by atoms with van der Waals surface area (Å²) in [6, 6.07) is 9.07. The number of aliphatic hydroxyl groups is 1. The van der Waals surface area contributed by atoms with Crippen LogP contribution in [-0.2, 0) is 6.54 Å². The third kappa shape index (κ3) is 3.12. The van der Waals surface area contributed by atoms with Crippen molar-refractivity contribution < 1.29 is 5.11 Å². The summed E-state index contributed by atoms with van der Waals surface area (Å²) in [5.41, 5.74) is 2.84. The van der Waals surface area contributed by atoms with E-state index in [0.29, 0.717) is 18.2 Å². The van der Waals surface area contributed by atoms with Crippen molar-refractivity contribution in [3.63, 3.8) is 0 Å². The van der Waals surface area contributed by atoms with Gasteiger partial charge in [-0.25, -0.2) is 0 Å². The molecule has 0 amide bonds. The lowest BCUT2D eigenvalue weighted by atomic mass is 10.0. The van der Waals surface area contributed by atoms with Gasteiger partial charge in [0.15, 0.2) is 0 Å². The Morgan fingerprint density at radius 3 is 2.90 bits per heavy atom. The highest BCUT2D eigenvalue weighted by molar-refractivity contribution is 5.60. The maximum Gasteiger partial charge on any atom is 0.101 e. The Balaban J connectivity index is 1.74. The molecule has 4 heteroatoms. The fourth-order valence-electron chi connectivity index (χ4n) is 2.78. The van der Waals surface area contributed by atoms with E-state index in [1.807, 2.05) is 12.1 Å². The second-order valence-corrected chi connectivity index (χ2v) is 5.86. The lowest BCUT2D eigenvalue weighted by molar-refractivity contribution is 0.154. The standard InChI is InChI=1S/C16H21N3O/c17-9-13-8-12(10-18-14-4-5-14)3-6-16(13)19-7-1-2-15(20)11-19/h3,6,8,14-15,18,20H,1-2,4-5,7,10-11H2. The van der Waals surface area contributed by atoms with Crippen LogP contribution in [0.1, 0.15) is 36.8 Å². The Hall–Kier alpha value is -1.57. The molecule has 0 spiro atoms. The molecule has 20 heavy (non-hydrogen) atoms. The average molecular weight is 271 g/mol. The summed E-state index contributed by atoms with van der Waals surface area (Å²) < 4.78 is 0. The Kier molecular flexibility index (Phi) is 3.90. The maximum atomic E-state index is 9.78. The minimum absolute atomic E-state index is 0.272. The minimum atomic E-state index is -0.272. The summed E-state index contributed by atoms with van der Waals surface area (Å²) in [5, 5.41) is 22.6. The van der Waals surface area contributed by atoms with Crippen LogP contribution in [0.4, 0.5) is 5.69 Å². The number of anilines is 1. The third-order valence-electron chi connectivity index (χ3n) is 4.09. The number of piperidine rings is 1. The molecule has 1 aliphatic heterocycles. The first-order valence-electron chi connectivity index (χ1n) is 7.45. The van der Waals surface area contributed by atoms with Crippen LogP contribution in [0.2, 0.25) is 0 Å². The minimum Gasteiger partial charge on any atom is -0.391 e. The molecule has 2 N–H and O–H groups in total. The fraction of sp³-hybridized carbons (Fsp3) is 0.562. The summed E-state index contributed by atoms with van der Waals surface area (Å²) >= 11 is 0. The van der Waals surface area contributed by atoms with E-state index >= 15 is 0 Å². The number of nitrogens with zero attached hydrogens (tertiary/aromatic N) is 2. The SMILES string of the molecule is N#Cc1cc(CNC2CC2)ccc1N1CCCC(O)C1. The molecule has 0 radical (unpaired) electrons. The predicted molar refractivity (Wildman–Crippen MR) is 78.5 cm³/mol. The fourth-order valence-corrected chi connectivity index (χ4v) is 2.78. The first-order valence-corrected chi connectivity index (χ1v) is 7.45. The average Bonchev–Trinajstić information content (AvgIpc) is 3.29. The van der Waals surface area contributed by atoms with Crippen LogP contribution in [0.15, 0.2) is 18.2 Å². The van der Waals surface area contributed by atoms with Crippen LogP contribution < -0.4 is 10.2 Å². The van der Waals surface area contributed by atoms with Crippen molar-refractivity contribution in [2.24, 2.45) is 0 Å².